The first-order valence-electron chi connectivity index (χ1n) is 6.37. The zero-order chi connectivity index (χ0) is 15.6. The fraction of sp³-hybridized carbons (Fsp3) is 0.500. The number of nitrogens with one attached hydrogen (secondary N) is 2. The van der Waals surface area contributed by atoms with Crippen molar-refractivity contribution in [2.75, 3.05) is 7.05 Å². The third kappa shape index (κ3) is 3.31. The molecule has 0 saturated carbocycles. The lowest BCUT2D eigenvalue weighted by atomic mass is 10.2. The molecule has 0 aromatic carbocycles. The molecule has 116 valence electrons. The van der Waals surface area contributed by atoms with Gasteiger partial charge in [-0.3, -0.25) is 0 Å². The number of nitrogens with zero attached hydrogens (tertiary/aromatic N) is 2. The summed E-state index contributed by atoms with van der Waals surface area (Å²) >= 11 is 0. The van der Waals surface area contributed by atoms with Crippen molar-refractivity contribution in [1.29, 1.82) is 0 Å². The van der Waals surface area contributed by atoms with Gasteiger partial charge in [0.15, 0.2) is 5.82 Å². The molecule has 0 bridgehead atoms. The average molecular weight is 314 g/mol. The first-order valence-corrected chi connectivity index (χ1v) is 7.85. The predicted molar refractivity (Wildman–Crippen MR) is 74.0 cm³/mol. The number of furan rings is 1. The van der Waals surface area contributed by atoms with Gasteiger partial charge >= 0.3 is 0 Å². The van der Waals surface area contributed by atoms with E-state index in [-0.39, 0.29) is 17.3 Å². The third-order valence-electron chi connectivity index (χ3n) is 2.93. The van der Waals surface area contributed by atoms with Gasteiger partial charge in [0.2, 0.25) is 15.9 Å². The van der Waals surface area contributed by atoms with Crippen molar-refractivity contribution in [3.05, 3.63) is 28.8 Å². The van der Waals surface area contributed by atoms with Crippen molar-refractivity contribution in [3.63, 3.8) is 0 Å². The van der Waals surface area contributed by atoms with Crippen LogP contribution in [0.2, 0.25) is 0 Å². The molecule has 21 heavy (non-hydrogen) atoms. The predicted octanol–water partition coefficient (Wildman–Crippen LogP) is 0.786. The lowest BCUT2D eigenvalue weighted by Gasteiger charge is -2.06. The Bertz CT molecular complexity index is 733. The minimum Gasteiger partial charge on any atom is -0.465 e. The Morgan fingerprint density at radius 2 is 1.86 bits per heavy atom. The van der Waals surface area contributed by atoms with Crippen molar-refractivity contribution in [2.24, 2.45) is 0 Å². The standard InChI is InChI=1S/C12H18N4O4S/c1-7-10(5-13-4)12(8(2)19-7)21(17,18)14-6-11-15-9(3)16-20-11/h13-14H,5-6H2,1-4H3. The highest BCUT2D eigenvalue weighted by molar-refractivity contribution is 7.89. The molecule has 0 fully saturated rings. The van der Waals surface area contributed by atoms with E-state index >= 15 is 0 Å². The number of aromatic nitrogens is 2. The zero-order valence-corrected chi connectivity index (χ0v) is 13.2. The molecule has 2 heterocycles. The lowest BCUT2D eigenvalue weighted by Crippen LogP contribution is -2.25. The van der Waals surface area contributed by atoms with E-state index in [1.165, 1.54) is 0 Å². The lowest BCUT2D eigenvalue weighted by molar-refractivity contribution is 0.372. The molecule has 0 aliphatic rings. The van der Waals surface area contributed by atoms with Crippen LogP contribution in [0.15, 0.2) is 13.8 Å². The summed E-state index contributed by atoms with van der Waals surface area (Å²) < 4.78 is 37.7. The Labute approximate surface area is 123 Å². The molecule has 2 aromatic heterocycles. The summed E-state index contributed by atoms with van der Waals surface area (Å²) in [5, 5.41) is 6.54. The highest BCUT2D eigenvalue weighted by Crippen LogP contribution is 2.26. The molecular formula is C12H18N4O4S. The summed E-state index contributed by atoms with van der Waals surface area (Å²) in [6.45, 7) is 5.36. The number of aryl methyl sites for hydroxylation is 3. The molecule has 0 unspecified atom stereocenters. The maximum atomic E-state index is 12.5. The molecule has 0 amide bonds. The minimum absolute atomic E-state index is 0.0637. The minimum atomic E-state index is -3.72. The fourth-order valence-electron chi connectivity index (χ4n) is 2.08. The molecule has 0 atom stereocenters. The van der Waals surface area contributed by atoms with E-state index in [4.69, 9.17) is 8.94 Å². The van der Waals surface area contributed by atoms with E-state index in [1.807, 2.05) is 0 Å². The molecule has 2 aromatic rings. The molecule has 0 radical (unpaired) electrons. The quantitative estimate of drug-likeness (QED) is 0.810. The van der Waals surface area contributed by atoms with E-state index in [0.717, 1.165) is 0 Å². The normalized spacial score (nSPS) is 12.0. The maximum Gasteiger partial charge on any atom is 0.244 e. The van der Waals surface area contributed by atoms with Gasteiger partial charge in [-0.1, -0.05) is 5.16 Å². The van der Waals surface area contributed by atoms with Gasteiger partial charge in [-0.2, -0.15) is 4.98 Å². The number of rotatable bonds is 6. The average Bonchev–Trinajstić information content (AvgIpc) is 2.92. The van der Waals surface area contributed by atoms with Crippen LogP contribution in [0.4, 0.5) is 0 Å². The highest BCUT2D eigenvalue weighted by atomic mass is 32.2. The van der Waals surface area contributed by atoms with Gasteiger partial charge in [-0.05, 0) is 27.8 Å². The van der Waals surface area contributed by atoms with Crippen LogP contribution < -0.4 is 10.0 Å². The van der Waals surface area contributed by atoms with Crippen LogP contribution in [0.25, 0.3) is 0 Å². The zero-order valence-electron chi connectivity index (χ0n) is 12.3. The van der Waals surface area contributed by atoms with E-state index in [2.05, 4.69) is 20.2 Å². The number of hydrogen-bond acceptors (Lipinski definition) is 7. The Morgan fingerprint density at radius 3 is 2.43 bits per heavy atom. The summed E-state index contributed by atoms with van der Waals surface area (Å²) in [7, 11) is -1.98. The monoisotopic (exact) mass is 314 g/mol. The second-order valence-corrected chi connectivity index (χ2v) is 6.32. The van der Waals surface area contributed by atoms with Crippen molar-refractivity contribution < 1.29 is 17.4 Å². The molecule has 9 heteroatoms. The van der Waals surface area contributed by atoms with E-state index in [1.54, 1.807) is 27.8 Å². The second-order valence-electron chi connectivity index (χ2n) is 4.61. The highest BCUT2D eigenvalue weighted by Gasteiger charge is 2.26. The van der Waals surface area contributed by atoms with Gasteiger partial charge in [0.05, 0.1) is 6.54 Å². The largest absolute Gasteiger partial charge is 0.465 e. The van der Waals surface area contributed by atoms with Gasteiger partial charge in [0.25, 0.3) is 0 Å². The molecule has 0 aliphatic heterocycles. The van der Waals surface area contributed by atoms with Crippen molar-refractivity contribution in [3.8, 4) is 0 Å². The SMILES string of the molecule is CNCc1c(C)oc(C)c1S(=O)(=O)NCc1nc(C)no1. The first kappa shape index (κ1) is 15.7. The van der Waals surface area contributed by atoms with Crippen molar-refractivity contribution in [1.82, 2.24) is 20.2 Å². The van der Waals surface area contributed by atoms with Crippen LogP contribution in [0.3, 0.4) is 0 Å². The summed E-state index contributed by atoms with van der Waals surface area (Å²) in [5.41, 5.74) is 0.615. The Balaban J connectivity index is 2.27. The molecule has 2 N–H and O–H groups in total. The summed E-state index contributed by atoms with van der Waals surface area (Å²) in [6, 6.07) is 0. The van der Waals surface area contributed by atoms with Crippen molar-refractivity contribution in [2.45, 2.75) is 38.8 Å². The van der Waals surface area contributed by atoms with Gasteiger partial charge in [0, 0.05) is 12.1 Å². The Hall–Kier alpha value is -1.71. The van der Waals surface area contributed by atoms with Crippen LogP contribution in [-0.2, 0) is 23.1 Å². The Morgan fingerprint density at radius 1 is 1.14 bits per heavy atom. The van der Waals surface area contributed by atoms with Crippen LogP contribution in [0, 0.1) is 20.8 Å². The molecule has 0 aliphatic carbocycles. The Kier molecular flexibility index (Phi) is 4.45. The van der Waals surface area contributed by atoms with Crippen molar-refractivity contribution >= 4 is 10.0 Å². The van der Waals surface area contributed by atoms with E-state index in [9.17, 15) is 8.42 Å². The van der Waals surface area contributed by atoms with Gasteiger partial charge in [-0.25, -0.2) is 13.1 Å². The van der Waals surface area contributed by atoms with E-state index in [0.29, 0.717) is 29.5 Å². The second kappa shape index (κ2) is 5.96. The molecule has 0 saturated heterocycles. The third-order valence-corrected chi connectivity index (χ3v) is 4.53. The number of hydrogen-bond donors (Lipinski definition) is 2. The van der Waals surface area contributed by atoms with Gasteiger partial charge in [-0.15, -0.1) is 0 Å². The molecule has 8 nitrogen and oxygen atoms in total. The molecule has 0 spiro atoms. The van der Waals surface area contributed by atoms with Gasteiger partial charge in [0.1, 0.15) is 16.4 Å². The maximum absolute atomic E-state index is 12.5. The smallest absolute Gasteiger partial charge is 0.244 e. The van der Waals surface area contributed by atoms with Crippen LogP contribution in [-0.4, -0.2) is 25.6 Å². The van der Waals surface area contributed by atoms with Crippen LogP contribution in [0.1, 0.15) is 28.8 Å². The summed E-state index contributed by atoms with van der Waals surface area (Å²) in [5.74, 6) is 1.60. The molecule has 2 rings (SSSR count). The van der Waals surface area contributed by atoms with E-state index < -0.39 is 10.0 Å². The molecular weight excluding hydrogens is 296 g/mol. The van der Waals surface area contributed by atoms with Crippen LogP contribution >= 0.6 is 0 Å². The van der Waals surface area contributed by atoms with Gasteiger partial charge < -0.3 is 14.3 Å². The first-order chi connectivity index (χ1) is 9.85. The van der Waals surface area contributed by atoms with Crippen LogP contribution in [0.5, 0.6) is 0 Å². The number of sulfonamides is 1. The fourth-order valence-corrected chi connectivity index (χ4v) is 3.50. The summed E-state index contributed by atoms with van der Waals surface area (Å²) in [4.78, 5) is 4.11. The summed E-state index contributed by atoms with van der Waals surface area (Å²) in [6.07, 6.45) is 0. The topological polar surface area (TPSA) is 110 Å².